The molecule has 5 heteroatoms. The number of likely N-dealkylation sites (tertiary alicyclic amines) is 1. The van der Waals surface area contributed by atoms with Gasteiger partial charge >= 0.3 is 5.97 Å². The molecule has 2 aromatic carbocycles. The lowest BCUT2D eigenvalue weighted by Gasteiger charge is -2.38. The standard InChI is InChI=1S/C23H28N2O3.C2H6/c1-16-14-25(15-20(23(27)28)12-17-6-3-2-4-7-17)11-10-21(16)18-8-5-9-19(13-18)22(24)26;1-2/h2-9,13,16,20-21H,10-12,14-15H2,1H3,(H2,24,26)(H,27,28);1-2H3. The number of nitrogens with two attached hydrogens (primary N) is 1. The van der Waals surface area contributed by atoms with Crippen molar-refractivity contribution in [3.05, 3.63) is 71.3 Å². The molecule has 0 bridgehead atoms. The molecule has 0 spiro atoms. The van der Waals surface area contributed by atoms with Gasteiger partial charge < -0.3 is 15.7 Å². The van der Waals surface area contributed by atoms with E-state index < -0.39 is 17.8 Å². The second kappa shape index (κ2) is 11.5. The Bertz CT molecular complexity index is 822. The van der Waals surface area contributed by atoms with Gasteiger partial charge in [-0.2, -0.15) is 0 Å². The Hall–Kier alpha value is -2.66. The van der Waals surface area contributed by atoms with Crippen LogP contribution >= 0.6 is 0 Å². The first kappa shape index (κ1) is 23.6. The molecule has 1 saturated heterocycles. The van der Waals surface area contributed by atoms with Gasteiger partial charge in [0.25, 0.3) is 0 Å². The van der Waals surface area contributed by atoms with E-state index in [1.165, 1.54) is 0 Å². The average molecular weight is 411 g/mol. The van der Waals surface area contributed by atoms with Crippen molar-refractivity contribution in [2.24, 2.45) is 17.6 Å². The van der Waals surface area contributed by atoms with E-state index in [1.807, 2.05) is 56.3 Å². The Morgan fingerprint density at radius 1 is 1.13 bits per heavy atom. The van der Waals surface area contributed by atoms with Crippen LogP contribution < -0.4 is 5.73 Å². The molecule has 3 atom stereocenters. The summed E-state index contributed by atoms with van der Waals surface area (Å²) in [6.45, 7) is 8.46. The average Bonchev–Trinajstić information content (AvgIpc) is 2.75. The first-order valence-electron chi connectivity index (χ1n) is 10.8. The van der Waals surface area contributed by atoms with E-state index in [1.54, 1.807) is 6.07 Å². The van der Waals surface area contributed by atoms with Gasteiger partial charge in [-0.1, -0.05) is 63.2 Å². The van der Waals surface area contributed by atoms with Crippen molar-refractivity contribution in [3.63, 3.8) is 0 Å². The molecule has 1 heterocycles. The smallest absolute Gasteiger partial charge is 0.308 e. The van der Waals surface area contributed by atoms with Gasteiger partial charge in [0.15, 0.2) is 0 Å². The van der Waals surface area contributed by atoms with Crippen LogP contribution in [0.2, 0.25) is 0 Å². The number of carbonyl (C=O) groups is 2. The Balaban J connectivity index is 0.00000155. The van der Waals surface area contributed by atoms with Crippen molar-refractivity contribution in [2.45, 2.75) is 39.5 Å². The van der Waals surface area contributed by atoms with Crippen LogP contribution in [0.15, 0.2) is 54.6 Å². The molecule has 3 N–H and O–H groups in total. The first-order chi connectivity index (χ1) is 14.4. The highest BCUT2D eigenvalue weighted by atomic mass is 16.4. The summed E-state index contributed by atoms with van der Waals surface area (Å²) in [6, 6.07) is 17.4. The number of rotatable bonds is 7. The van der Waals surface area contributed by atoms with Gasteiger partial charge in [-0.05, 0) is 54.5 Å². The van der Waals surface area contributed by atoms with E-state index in [9.17, 15) is 14.7 Å². The summed E-state index contributed by atoms with van der Waals surface area (Å²) in [6.07, 6.45) is 1.49. The van der Waals surface area contributed by atoms with E-state index >= 15 is 0 Å². The minimum Gasteiger partial charge on any atom is -0.481 e. The maximum Gasteiger partial charge on any atom is 0.308 e. The zero-order valence-corrected chi connectivity index (χ0v) is 18.3. The quantitative estimate of drug-likeness (QED) is 0.717. The van der Waals surface area contributed by atoms with Gasteiger partial charge in [-0.3, -0.25) is 9.59 Å². The van der Waals surface area contributed by atoms with Crippen LogP contribution in [0.5, 0.6) is 0 Å². The molecular formula is C25H34N2O3. The van der Waals surface area contributed by atoms with Crippen LogP contribution in [-0.4, -0.2) is 41.5 Å². The molecule has 2 aromatic rings. The molecule has 1 fully saturated rings. The second-order valence-electron chi connectivity index (χ2n) is 7.85. The van der Waals surface area contributed by atoms with E-state index in [0.717, 1.165) is 30.6 Å². The van der Waals surface area contributed by atoms with Crippen molar-refractivity contribution in [1.82, 2.24) is 4.90 Å². The lowest BCUT2D eigenvalue weighted by Crippen LogP contribution is -2.42. The highest BCUT2D eigenvalue weighted by Crippen LogP contribution is 2.33. The van der Waals surface area contributed by atoms with E-state index in [4.69, 9.17) is 5.73 Å². The summed E-state index contributed by atoms with van der Waals surface area (Å²) in [5, 5.41) is 9.67. The number of carboxylic acid groups (broad SMARTS) is 1. The topological polar surface area (TPSA) is 83.6 Å². The number of piperidine rings is 1. The van der Waals surface area contributed by atoms with Gasteiger partial charge in [0.05, 0.1) is 5.92 Å². The molecule has 0 saturated carbocycles. The third-order valence-electron chi connectivity index (χ3n) is 5.74. The van der Waals surface area contributed by atoms with Crippen molar-refractivity contribution in [1.29, 1.82) is 0 Å². The highest BCUT2D eigenvalue weighted by molar-refractivity contribution is 5.92. The molecule has 30 heavy (non-hydrogen) atoms. The molecule has 3 rings (SSSR count). The Morgan fingerprint density at radius 2 is 1.83 bits per heavy atom. The Morgan fingerprint density at radius 3 is 2.43 bits per heavy atom. The Kier molecular flexibility index (Phi) is 9.06. The molecular weight excluding hydrogens is 376 g/mol. The molecule has 5 nitrogen and oxygen atoms in total. The summed E-state index contributed by atoms with van der Waals surface area (Å²) in [4.78, 5) is 25.5. The van der Waals surface area contributed by atoms with Crippen LogP contribution in [0, 0.1) is 11.8 Å². The maximum atomic E-state index is 11.8. The minimum atomic E-state index is -0.743. The number of nitrogens with zero attached hydrogens (tertiary/aromatic N) is 1. The van der Waals surface area contributed by atoms with Crippen LogP contribution in [-0.2, 0) is 11.2 Å². The number of amides is 1. The fraction of sp³-hybridized carbons (Fsp3) is 0.440. The van der Waals surface area contributed by atoms with Gasteiger partial charge in [-0.25, -0.2) is 0 Å². The van der Waals surface area contributed by atoms with E-state index in [0.29, 0.717) is 30.4 Å². The fourth-order valence-electron chi connectivity index (χ4n) is 4.26. The third-order valence-corrected chi connectivity index (χ3v) is 5.74. The molecule has 1 aliphatic rings. The fourth-order valence-corrected chi connectivity index (χ4v) is 4.26. The predicted octanol–water partition coefficient (Wildman–Crippen LogP) is 4.18. The van der Waals surface area contributed by atoms with E-state index in [2.05, 4.69) is 17.9 Å². The number of carbonyl (C=O) groups excluding carboxylic acids is 1. The number of hydrogen-bond acceptors (Lipinski definition) is 3. The van der Waals surface area contributed by atoms with Crippen molar-refractivity contribution in [3.8, 4) is 0 Å². The van der Waals surface area contributed by atoms with Crippen molar-refractivity contribution in [2.75, 3.05) is 19.6 Å². The monoisotopic (exact) mass is 410 g/mol. The Labute approximate surface area is 179 Å². The number of benzene rings is 2. The summed E-state index contributed by atoms with van der Waals surface area (Å²) in [5.41, 5.74) is 8.15. The molecule has 0 aliphatic carbocycles. The molecule has 162 valence electrons. The van der Waals surface area contributed by atoms with Gasteiger partial charge in [-0.15, -0.1) is 0 Å². The summed E-state index contributed by atoms with van der Waals surface area (Å²) >= 11 is 0. The molecule has 3 unspecified atom stereocenters. The third kappa shape index (κ3) is 6.42. The number of carboxylic acids is 1. The normalized spacial score (nSPS) is 20.0. The molecule has 1 aliphatic heterocycles. The highest BCUT2D eigenvalue weighted by Gasteiger charge is 2.30. The molecule has 1 amide bonds. The lowest BCUT2D eigenvalue weighted by atomic mass is 9.80. The van der Waals surface area contributed by atoms with Crippen LogP contribution in [0.1, 0.15) is 54.6 Å². The minimum absolute atomic E-state index is 0.355. The van der Waals surface area contributed by atoms with Gasteiger partial charge in [0.1, 0.15) is 0 Å². The number of hydrogen-bond donors (Lipinski definition) is 2. The number of aliphatic carboxylic acids is 1. The van der Waals surface area contributed by atoms with Crippen LogP contribution in [0.4, 0.5) is 0 Å². The van der Waals surface area contributed by atoms with Crippen molar-refractivity contribution >= 4 is 11.9 Å². The maximum absolute atomic E-state index is 11.8. The predicted molar refractivity (Wildman–Crippen MR) is 121 cm³/mol. The summed E-state index contributed by atoms with van der Waals surface area (Å²) in [7, 11) is 0. The van der Waals surface area contributed by atoms with Crippen LogP contribution in [0.25, 0.3) is 0 Å². The van der Waals surface area contributed by atoms with Crippen LogP contribution in [0.3, 0.4) is 0 Å². The molecule has 0 aromatic heterocycles. The van der Waals surface area contributed by atoms with E-state index in [-0.39, 0.29) is 0 Å². The zero-order valence-electron chi connectivity index (χ0n) is 18.3. The SMILES string of the molecule is CC.CC1CN(CC(Cc2ccccc2)C(=O)O)CCC1c1cccc(C(N)=O)c1. The van der Waals surface area contributed by atoms with Gasteiger partial charge in [0, 0.05) is 18.7 Å². The number of primary amides is 1. The van der Waals surface area contributed by atoms with Crippen molar-refractivity contribution < 1.29 is 14.7 Å². The van der Waals surface area contributed by atoms with Gasteiger partial charge in [0.2, 0.25) is 5.91 Å². The molecule has 0 radical (unpaired) electrons. The lowest BCUT2D eigenvalue weighted by molar-refractivity contribution is -0.142. The first-order valence-corrected chi connectivity index (χ1v) is 10.8. The summed E-state index contributed by atoms with van der Waals surface area (Å²) in [5.74, 6) is -0.828. The second-order valence-corrected chi connectivity index (χ2v) is 7.85. The largest absolute Gasteiger partial charge is 0.481 e. The summed E-state index contributed by atoms with van der Waals surface area (Å²) < 4.78 is 0. The zero-order chi connectivity index (χ0) is 22.1.